The number of thiophene rings is 1. The standard InChI is InChI=1S/C30H40N6O2S/c1-18-17-36(11-10-32-18)29(38)33-23-7-5-6-19(14-23)25(16-31)34-27(37)26-15-21-12-20-13-22(30(2,3)4)8-9-24(20)35-28(21)39-26/h5-7,12,14-15,18,22,25,32H,8-11,13,16-17,31H2,1-4H3,(H,33,38)(H,34,37)/t18-,22+,25+/m0/s1. The summed E-state index contributed by atoms with van der Waals surface area (Å²) in [6.45, 7) is 11.4. The van der Waals surface area contributed by atoms with Crippen molar-refractivity contribution in [1.29, 1.82) is 0 Å². The number of nitrogens with one attached hydrogen (secondary N) is 3. The van der Waals surface area contributed by atoms with E-state index in [-0.39, 0.29) is 36.0 Å². The van der Waals surface area contributed by atoms with E-state index in [1.165, 1.54) is 22.6 Å². The fraction of sp³-hybridized carbons (Fsp3) is 0.500. The van der Waals surface area contributed by atoms with Crippen LogP contribution in [0.5, 0.6) is 0 Å². The molecule has 1 aromatic carbocycles. The van der Waals surface area contributed by atoms with Crippen molar-refractivity contribution in [1.82, 2.24) is 20.5 Å². The lowest BCUT2D eigenvalue weighted by Crippen LogP contribution is -2.52. The lowest BCUT2D eigenvalue weighted by atomic mass is 9.71. The van der Waals surface area contributed by atoms with Gasteiger partial charge < -0.3 is 26.6 Å². The lowest BCUT2D eigenvalue weighted by Gasteiger charge is -2.34. The van der Waals surface area contributed by atoms with Gasteiger partial charge in [-0.3, -0.25) is 4.79 Å². The first-order valence-corrected chi connectivity index (χ1v) is 14.7. The Morgan fingerprint density at radius 3 is 2.82 bits per heavy atom. The van der Waals surface area contributed by atoms with Crippen LogP contribution in [0, 0.1) is 11.3 Å². The van der Waals surface area contributed by atoms with E-state index >= 15 is 0 Å². The SMILES string of the molecule is C[C@H]1CN(C(=O)Nc2cccc([C@@H](CN)NC(=O)c3cc4cc5c(nc4s3)CC[C@@H](C(C)(C)C)C5)c2)CCN1. The number of aromatic nitrogens is 1. The van der Waals surface area contributed by atoms with Gasteiger partial charge in [0.15, 0.2) is 0 Å². The number of aryl methyl sites for hydroxylation is 1. The average molecular weight is 549 g/mol. The zero-order chi connectivity index (χ0) is 27.7. The van der Waals surface area contributed by atoms with Gasteiger partial charge in [-0.1, -0.05) is 32.9 Å². The van der Waals surface area contributed by atoms with E-state index in [0.717, 1.165) is 41.6 Å². The van der Waals surface area contributed by atoms with Crippen LogP contribution in [0.15, 0.2) is 36.4 Å². The number of rotatable bonds is 5. The van der Waals surface area contributed by atoms with E-state index in [4.69, 9.17) is 10.7 Å². The van der Waals surface area contributed by atoms with E-state index in [1.54, 1.807) is 0 Å². The molecule has 5 rings (SSSR count). The molecule has 0 bridgehead atoms. The minimum Gasteiger partial charge on any atom is -0.343 e. The highest BCUT2D eigenvalue weighted by molar-refractivity contribution is 7.20. The van der Waals surface area contributed by atoms with Crippen LogP contribution in [-0.4, -0.2) is 54.0 Å². The molecule has 3 amide bonds. The van der Waals surface area contributed by atoms with Crippen molar-refractivity contribution < 1.29 is 9.59 Å². The van der Waals surface area contributed by atoms with E-state index < -0.39 is 0 Å². The number of amides is 3. The molecule has 0 saturated carbocycles. The molecule has 1 fully saturated rings. The molecule has 1 aliphatic carbocycles. The van der Waals surface area contributed by atoms with E-state index in [9.17, 15) is 9.59 Å². The van der Waals surface area contributed by atoms with Gasteiger partial charge in [0.05, 0.1) is 10.9 Å². The highest BCUT2D eigenvalue weighted by Crippen LogP contribution is 2.38. The summed E-state index contributed by atoms with van der Waals surface area (Å²) >= 11 is 1.43. The Morgan fingerprint density at radius 2 is 2.08 bits per heavy atom. The molecular weight excluding hydrogens is 508 g/mol. The van der Waals surface area contributed by atoms with Crippen LogP contribution >= 0.6 is 11.3 Å². The Kier molecular flexibility index (Phi) is 7.94. The molecule has 3 heterocycles. The smallest absolute Gasteiger partial charge is 0.321 e. The second-order valence-corrected chi connectivity index (χ2v) is 13.1. The summed E-state index contributed by atoms with van der Waals surface area (Å²) in [5.41, 5.74) is 10.4. The Bertz CT molecular complexity index is 1360. The largest absolute Gasteiger partial charge is 0.343 e. The summed E-state index contributed by atoms with van der Waals surface area (Å²) in [7, 11) is 0. The van der Waals surface area contributed by atoms with Gasteiger partial charge in [-0.2, -0.15) is 0 Å². The number of benzene rings is 1. The summed E-state index contributed by atoms with van der Waals surface area (Å²) < 4.78 is 0. The van der Waals surface area contributed by atoms with E-state index in [2.05, 4.69) is 49.7 Å². The lowest BCUT2D eigenvalue weighted by molar-refractivity contribution is 0.0942. The molecule has 9 heteroatoms. The molecule has 5 N–H and O–H groups in total. The van der Waals surface area contributed by atoms with Gasteiger partial charge in [-0.25, -0.2) is 9.78 Å². The Hall–Kier alpha value is -3.01. The Balaban J connectivity index is 1.28. The second-order valence-electron chi connectivity index (χ2n) is 12.0. The topological polar surface area (TPSA) is 112 Å². The second kappa shape index (κ2) is 11.2. The first kappa shape index (κ1) is 27.6. The number of carbonyl (C=O) groups is 2. The maximum absolute atomic E-state index is 13.3. The summed E-state index contributed by atoms with van der Waals surface area (Å²) in [6, 6.07) is 11.5. The predicted octanol–water partition coefficient (Wildman–Crippen LogP) is 4.70. The number of carbonyl (C=O) groups excluding carboxylic acids is 2. The number of piperazine rings is 1. The van der Waals surface area contributed by atoms with Gasteiger partial charge in [0.1, 0.15) is 4.83 Å². The van der Waals surface area contributed by atoms with Crippen LogP contribution in [-0.2, 0) is 12.8 Å². The number of nitrogens with two attached hydrogens (primary N) is 1. The predicted molar refractivity (Wildman–Crippen MR) is 158 cm³/mol. The minimum absolute atomic E-state index is 0.122. The normalized spacial score (nSPS) is 20.4. The number of urea groups is 1. The molecule has 3 atom stereocenters. The fourth-order valence-electron chi connectivity index (χ4n) is 5.63. The maximum atomic E-state index is 13.3. The summed E-state index contributed by atoms with van der Waals surface area (Å²) in [4.78, 5) is 34.3. The number of nitrogens with zero attached hydrogens (tertiary/aromatic N) is 2. The first-order valence-electron chi connectivity index (χ1n) is 13.9. The molecular formula is C30H40N6O2S. The van der Waals surface area contributed by atoms with Crippen molar-refractivity contribution in [2.75, 3.05) is 31.5 Å². The molecule has 1 aliphatic heterocycles. The van der Waals surface area contributed by atoms with Crippen LogP contribution in [0.2, 0.25) is 0 Å². The number of pyridine rings is 1. The van der Waals surface area contributed by atoms with Gasteiger partial charge in [0, 0.05) is 49.0 Å². The van der Waals surface area contributed by atoms with Crippen molar-refractivity contribution in [3.63, 3.8) is 0 Å². The van der Waals surface area contributed by atoms with Crippen molar-refractivity contribution in [3.8, 4) is 0 Å². The molecule has 3 aromatic rings. The highest BCUT2D eigenvalue weighted by atomic mass is 32.1. The number of anilines is 1. The highest BCUT2D eigenvalue weighted by Gasteiger charge is 2.30. The quantitative estimate of drug-likeness (QED) is 0.369. The summed E-state index contributed by atoms with van der Waals surface area (Å²) in [5, 5.41) is 10.5. The minimum atomic E-state index is -0.382. The third kappa shape index (κ3) is 6.26. The zero-order valence-corrected chi connectivity index (χ0v) is 24.2. The van der Waals surface area contributed by atoms with Crippen molar-refractivity contribution in [2.24, 2.45) is 17.1 Å². The van der Waals surface area contributed by atoms with Crippen LogP contribution in [0.1, 0.15) is 66.7 Å². The van der Waals surface area contributed by atoms with Crippen molar-refractivity contribution >= 4 is 39.2 Å². The van der Waals surface area contributed by atoms with Gasteiger partial charge >= 0.3 is 6.03 Å². The Morgan fingerprint density at radius 1 is 1.26 bits per heavy atom. The third-order valence-electron chi connectivity index (χ3n) is 8.06. The molecule has 0 radical (unpaired) electrons. The zero-order valence-electron chi connectivity index (χ0n) is 23.3. The molecule has 8 nitrogen and oxygen atoms in total. The fourth-order valence-corrected chi connectivity index (χ4v) is 6.57. The van der Waals surface area contributed by atoms with Crippen LogP contribution in [0.25, 0.3) is 10.2 Å². The molecule has 0 unspecified atom stereocenters. The number of hydrogen-bond donors (Lipinski definition) is 4. The monoisotopic (exact) mass is 548 g/mol. The van der Waals surface area contributed by atoms with Gasteiger partial charge in [-0.05, 0) is 72.9 Å². The van der Waals surface area contributed by atoms with E-state index in [1.807, 2.05) is 35.2 Å². The summed E-state index contributed by atoms with van der Waals surface area (Å²) in [5.74, 6) is 0.472. The van der Waals surface area contributed by atoms with Gasteiger partial charge in [-0.15, -0.1) is 11.3 Å². The van der Waals surface area contributed by atoms with Crippen molar-refractivity contribution in [2.45, 2.75) is 59.0 Å². The molecule has 2 aliphatic rings. The first-order chi connectivity index (χ1) is 18.6. The molecule has 39 heavy (non-hydrogen) atoms. The van der Waals surface area contributed by atoms with Crippen LogP contribution < -0.4 is 21.7 Å². The molecule has 1 saturated heterocycles. The third-order valence-corrected chi connectivity index (χ3v) is 9.10. The van der Waals surface area contributed by atoms with Crippen LogP contribution in [0.4, 0.5) is 10.5 Å². The summed E-state index contributed by atoms with van der Waals surface area (Å²) in [6.07, 6.45) is 3.18. The maximum Gasteiger partial charge on any atom is 0.321 e. The Labute approximate surface area is 234 Å². The molecule has 208 valence electrons. The number of hydrogen-bond acceptors (Lipinski definition) is 6. The van der Waals surface area contributed by atoms with Gasteiger partial charge in [0.2, 0.25) is 0 Å². The van der Waals surface area contributed by atoms with Gasteiger partial charge in [0.25, 0.3) is 5.91 Å². The van der Waals surface area contributed by atoms with Crippen molar-refractivity contribution in [3.05, 3.63) is 58.1 Å². The van der Waals surface area contributed by atoms with E-state index in [0.29, 0.717) is 29.6 Å². The van der Waals surface area contributed by atoms with Crippen LogP contribution in [0.3, 0.4) is 0 Å². The average Bonchev–Trinajstić information content (AvgIpc) is 3.32. The molecule has 2 aromatic heterocycles. The molecule has 0 spiro atoms. The number of fused-ring (bicyclic) bond motifs is 2.